The van der Waals surface area contributed by atoms with E-state index in [9.17, 15) is 8.42 Å². The van der Waals surface area contributed by atoms with Crippen molar-refractivity contribution in [3.63, 3.8) is 0 Å². The highest BCUT2D eigenvalue weighted by atomic mass is 32.2. The molecule has 0 aliphatic heterocycles. The van der Waals surface area contributed by atoms with E-state index in [1.54, 1.807) is 7.05 Å². The van der Waals surface area contributed by atoms with Crippen LogP contribution in [0.2, 0.25) is 0 Å². The van der Waals surface area contributed by atoms with Crippen LogP contribution in [0.15, 0.2) is 0 Å². The molecular weight excluding hydrogens is 164 g/mol. The second-order valence-corrected chi connectivity index (χ2v) is 4.72. The summed E-state index contributed by atoms with van der Waals surface area (Å²) in [6.07, 6.45) is 1.64. The van der Waals surface area contributed by atoms with Crippen molar-refractivity contribution in [2.75, 3.05) is 20.1 Å². The van der Waals surface area contributed by atoms with Gasteiger partial charge in [-0.2, -0.15) is 7.05 Å². The topological polar surface area (TPSA) is 60.3 Å². The number of nitrogens with zero attached hydrogens (tertiary/aromatic N) is 1. The maximum absolute atomic E-state index is 11.1. The van der Waals surface area contributed by atoms with Gasteiger partial charge in [0, 0.05) is 0 Å². The largest absolute Gasteiger partial charge is 0.664 e. The molecule has 1 aliphatic carbocycles. The molecule has 4 nitrogen and oxygen atoms in total. The molecule has 0 atom stereocenters. The lowest BCUT2D eigenvalue weighted by Crippen LogP contribution is -2.29. The summed E-state index contributed by atoms with van der Waals surface area (Å²) in [5.74, 6) is 0. The summed E-state index contributed by atoms with van der Waals surface area (Å²) in [5, 5.41) is 3.68. The maximum Gasteiger partial charge on any atom is 0.214 e. The van der Waals surface area contributed by atoms with Crippen molar-refractivity contribution in [3.05, 3.63) is 5.32 Å². The first-order valence-corrected chi connectivity index (χ1v) is 5.25. The van der Waals surface area contributed by atoms with Gasteiger partial charge in [0.1, 0.15) is 0 Å². The first-order chi connectivity index (χ1) is 5.17. The van der Waals surface area contributed by atoms with Gasteiger partial charge in [-0.15, -0.1) is 6.54 Å². The van der Waals surface area contributed by atoms with Gasteiger partial charge in [0.15, 0.2) is 0 Å². The third-order valence-corrected chi connectivity index (χ3v) is 3.56. The summed E-state index contributed by atoms with van der Waals surface area (Å²) < 4.78 is 24.7. The lowest BCUT2D eigenvalue weighted by Gasteiger charge is -2.11. The van der Waals surface area contributed by atoms with E-state index in [1.807, 2.05) is 0 Å². The summed E-state index contributed by atoms with van der Waals surface area (Å²) in [6.45, 7) is 1.00. The third-order valence-electron chi connectivity index (χ3n) is 1.60. The van der Waals surface area contributed by atoms with Gasteiger partial charge < -0.3 is 5.32 Å². The zero-order chi connectivity index (χ0) is 8.32. The summed E-state index contributed by atoms with van der Waals surface area (Å²) in [7, 11) is -1.30. The Labute approximate surface area is 67.4 Å². The van der Waals surface area contributed by atoms with Crippen molar-refractivity contribution in [2.45, 2.75) is 18.1 Å². The van der Waals surface area contributed by atoms with Crippen molar-refractivity contribution >= 4 is 10.0 Å². The molecule has 1 rings (SSSR count). The molecule has 5 heteroatoms. The molecule has 0 amide bonds. The molecule has 1 N–H and O–H groups in total. The molecule has 0 saturated heterocycles. The van der Waals surface area contributed by atoms with Crippen LogP contribution >= 0.6 is 0 Å². The van der Waals surface area contributed by atoms with E-state index >= 15 is 0 Å². The van der Waals surface area contributed by atoms with E-state index < -0.39 is 10.0 Å². The molecule has 0 aromatic carbocycles. The van der Waals surface area contributed by atoms with Gasteiger partial charge in [-0.3, -0.25) is 0 Å². The van der Waals surface area contributed by atoms with Crippen molar-refractivity contribution < 1.29 is 8.42 Å². The Bertz CT molecular complexity index is 209. The van der Waals surface area contributed by atoms with Crippen molar-refractivity contribution in [1.82, 2.24) is 4.72 Å². The molecule has 1 aliphatic rings. The van der Waals surface area contributed by atoms with Crippen molar-refractivity contribution in [1.29, 1.82) is 0 Å². The molecule has 0 aromatic rings. The smallest absolute Gasteiger partial charge is 0.214 e. The van der Waals surface area contributed by atoms with E-state index in [4.69, 9.17) is 0 Å². The molecule has 1 saturated carbocycles. The predicted octanol–water partition coefficient (Wildman–Crippen LogP) is 0.0717. The maximum atomic E-state index is 11.1. The van der Waals surface area contributed by atoms with Crippen molar-refractivity contribution in [3.8, 4) is 0 Å². The average Bonchev–Trinajstić information content (AvgIpc) is 2.68. The van der Waals surface area contributed by atoms with E-state index in [0.29, 0.717) is 13.1 Å². The van der Waals surface area contributed by atoms with Crippen LogP contribution in [-0.4, -0.2) is 33.8 Å². The highest BCUT2D eigenvalue weighted by molar-refractivity contribution is 7.90. The highest BCUT2D eigenvalue weighted by Crippen LogP contribution is 2.27. The molecule has 0 unspecified atom stereocenters. The first-order valence-electron chi connectivity index (χ1n) is 3.71. The minimum absolute atomic E-state index is 0.112. The Hall–Kier alpha value is -0.130. The van der Waals surface area contributed by atoms with Gasteiger partial charge in [0.2, 0.25) is 10.0 Å². The molecule has 0 heterocycles. The van der Waals surface area contributed by atoms with Gasteiger partial charge in [-0.1, -0.05) is 0 Å². The van der Waals surface area contributed by atoms with Crippen LogP contribution < -0.4 is 4.72 Å². The van der Waals surface area contributed by atoms with E-state index in [2.05, 4.69) is 10.0 Å². The number of hydrogen-bond acceptors (Lipinski definition) is 2. The Morgan fingerprint density at radius 2 is 2.18 bits per heavy atom. The lowest BCUT2D eigenvalue weighted by molar-refractivity contribution is 0.582. The first kappa shape index (κ1) is 8.96. The molecule has 0 spiro atoms. The third kappa shape index (κ3) is 2.76. The second-order valence-electron chi connectivity index (χ2n) is 2.68. The zero-order valence-corrected chi connectivity index (χ0v) is 7.39. The Balaban J connectivity index is 2.23. The fourth-order valence-electron chi connectivity index (χ4n) is 0.796. The van der Waals surface area contributed by atoms with Crippen LogP contribution in [-0.2, 0) is 10.0 Å². The van der Waals surface area contributed by atoms with Crippen LogP contribution in [0.1, 0.15) is 12.8 Å². The van der Waals surface area contributed by atoms with Gasteiger partial charge in [0.05, 0.1) is 5.25 Å². The molecule has 0 bridgehead atoms. The average molecular weight is 177 g/mol. The number of hydrogen-bond donors (Lipinski definition) is 1. The predicted molar refractivity (Wildman–Crippen MR) is 44.1 cm³/mol. The Morgan fingerprint density at radius 3 is 2.64 bits per heavy atom. The SMILES string of the molecule is C[N-]CCNS(=O)(=O)C1CC1. The molecule has 0 aromatic heterocycles. The zero-order valence-electron chi connectivity index (χ0n) is 6.58. The van der Waals surface area contributed by atoms with Crippen molar-refractivity contribution in [2.24, 2.45) is 0 Å². The number of rotatable bonds is 5. The van der Waals surface area contributed by atoms with Crippen LogP contribution in [0.3, 0.4) is 0 Å². The van der Waals surface area contributed by atoms with Gasteiger partial charge >= 0.3 is 0 Å². The summed E-state index contributed by atoms with van der Waals surface area (Å²) in [4.78, 5) is 0. The second kappa shape index (κ2) is 3.51. The molecule has 1 fully saturated rings. The van der Waals surface area contributed by atoms with Crippen LogP contribution in [0.25, 0.3) is 5.32 Å². The van der Waals surface area contributed by atoms with E-state index in [0.717, 1.165) is 12.8 Å². The van der Waals surface area contributed by atoms with Gasteiger partial charge in [0.25, 0.3) is 0 Å². The fourth-order valence-corrected chi connectivity index (χ4v) is 2.16. The minimum atomic E-state index is -2.97. The number of sulfonamides is 1. The molecule has 11 heavy (non-hydrogen) atoms. The van der Waals surface area contributed by atoms with Crippen LogP contribution in [0.5, 0.6) is 0 Å². The summed E-state index contributed by atoms with van der Waals surface area (Å²) >= 11 is 0. The van der Waals surface area contributed by atoms with Gasteiger partial charge in [-0.05, 0) is 19.4 Å². The highest BCUT2D eigenvalue weighted by Gasteiger charge is 2.34. The standard InChI is InChI=1S/C6H13N2O2S/c1-7-4-5-8-11(9,10)6-2-3-6/h6,8H,2-5H2,1H3/q-1. The quantitative estimate of drug-likeness (QED) is 0.604. The number of likely N-dealkylation sites (N-methyl/N-ethyl adjacent to an activating group) is 1. The Morgan fingerprint density at radius 1 is 1.55 bits per heavy atom. The molecule has 66 valence electrons. The lowest BCUT2D eigenvalue weighted by atomic mass is 10.7. The fraction of sp³-hybridized carbons (Fsp3) is 1.00. The normalized spacial score (nSPS) is 18.6. The van der Waals surface area contributed by atoms with E-state index in [-0.39, 0.29) is 5.25 Å². The van der Waals surface area contributed by atoms with Gasteiger partial charge in [-0.25, -0.2) is 13.1 Å². The monoisotopic (exact) mass is 177 g/mol. The number of nitrogens with one attached hydrogen (secondary N) is 1. The minimum Gasteiger partial charge on any atom is -0.664 e. The summed E-state index contributed by atoms with van der Waals surface area (Å²) in [5.41, 5.74) is 0. The Kier molecular flexibility index (Phi) is 2.86. The summed E-state index contributed by atoms with van der Waals surface area (Å²) in [6, 6.07) is 0. The van der Waals surface area contributed by atoms with Crippen LogP contribution in [0, 0.1) is 0 Å². The molecule has 0 radical (unpaired) electrons. The van der Waals surface area contributed by atoms with Crippen LogP contribution in [0.4, 0.5) is 0 Å². The van der Waals surface area contributed by atoms with E-state index in [1.165, 1.54) is 0 Å². The molecular formula is C6H13N2O2S-.